The summed E-state index contributed by atoms with van der Waals surface area (Å²) in [6.07, 6.45) is 4.31. The molecule has 1 saturated heterocycles. The monoisotopic (exact) mass is 292 g/mol. The van der Waals surface area contributed by atoms with Gasteiger partial charge in [0.1, 0.15) is 23.0 Å². The largest absolute Gasteiger partial charge is 0.480 e. The van der Waals surface area contributed by atoms with Crippen LogP contribution in [0.4, 0.5) is 0 Å². The molecular formula is C13H12N2O4S. The van der Waals surface area contributed by atoms with Crippen molar-refractivity contribution in [2.45, 2.75) is 18.9 Å². The van der Waals surface area contributed by atoms with Crippen LogP contribution in [0.3, 0.4) is 0 Å². The lowest BCUT2D eigenvalue weighted by Gasteiger charge is -2.20. The smallest absolute Gasteiger partial charge is 0.326 e. The zero-order valence-corrected chi connectivity index (χ0v) is 11.3. The number of furan rings is 1. The molecule has 0 saturated carbocycles. The van der Waals surface area contributed by atoms with Crippen LogP contribution in [-0.4, -0.2) is 39.5 Å². The zero-order chi connectivity index (χ0) is 14.1. The fraction of sp³-hybridized carbons (Fsp3) is 0.308. The van der Waals surface area contributed by atoms with Crippen molar-refractivity contribution < 1.29 is 19.1 Å². The number of rotatable bonds is 3. The lowest BCUT2D eigenvalue weighted by molar-refractivity contribution is -0.141. The first-order valence-corrected chi connectivity index (χ1v) is 7.06. The first-order chi connectivity index (χ1) is 9.66. The summed E-state index contributed by atoms with van der Waals surface area (Å²) in [6.45, 7) is 0.467. The summed E-state index contributed by atoms with van der Waals surface area (Å²) < 4.78 is 4.98. The summed E-state index contributed by atoms with van der Waals surface area (Å²) in [5, 5.41) is 11.5. The van der Waals surface area contributed by atoms with Crippen molar-refractivity contribution in [1.82, 2.24) is 9.88 Å². The first-order valence-electron chi connectivity index (χ1n) is 6.18. The topological polar surface area (TPSA) is 83.6 Å². The normalized spacial score (nSPS) is 18.4. The van der Waals surface area contributed by atoms with Crippen LogP contribution in [0.1, 0.15) is 23.3 Å². The second-order valence-electron chi connectivity index (χ2n) is 4.54. The van der Waals surface area contributed by atoms with Crippen molar-refractivity contribution >= 4 is 23.2 Å². The van der Waals surface area contributed by atoms with Crippen molar-refractivity contribution in [3.05, 3.63) is 29.7 Å². The van der Waals surface area contributed by atoms with E-state index in [0.29, 0.717) is 30.1 Å². The number of hydrogen-bond donors (Lipinski definition) is 1. The Morgan fingerprint density at radius 1 is 1.50 bits per heavy atom. The Bertz CT molecular complexity index is 635. The molecule has 1 aliphatic heterocycles. The molecule has 2 aromatic rings. The molecular weight excluding hydrogens is 280 g/mol. The zero-order valence-electron chi connectivity index (χ0n) is 10.5. The minimum Gasteiger partial charge on any atom is -0.480 e. The van der Waals surface area contributed by atoms with E-state index in [0.717, 1.165) is 5.56 Å². The van der Waals surface area contributed by atoms with E-state index in [9.17, 15) is 9.59 Å². The number of hydrogen-bond acceptors (Lipinski definition) is 5. The third kappa shape index (κ3) is 2.20. The molecule has 7 heteroatoms. The first kappa shape index (κ1) is 12.9. The molecule has 0 aliphatic carbocycles. The summed E-state index contributed by atoms with van der Waals surface area (Å²) in [7, 11) is 0. The predicted octanol–water partition coefficient (Wildman–Crippen LogP) is 2.09. The van der Waals surface area contributed by atoms with Crippen LogP contribution in [0.15, 0.2) is 28.4 Å². The fourth-order valence-corrected chi connectivity index (χ4v) is 3.08. The van der Waals surface area contributed by atoms with Gasteiger partial charge in [0, 0.05) is 17.5 Å². The van der Waals surface area contributed by atoms with Crippen molar-refractivity contribution in [2.75, 3.05) is 6.54 Å². The van der Waals surface area contributed by atoms with Gasteiger partial charge in [-0.3, -0.25) is 4.79 Å². The molecule has 1 aliphatic rings. The Morgan fingerprint density at radius 3 is 3.05 bits per heavy atom. The number of likely N-dealkylation sites (tertiary alicyclic amines) is 1. The minimum atomic E-state index is -0.957. The van der Waals surface area contributed by atoms with Crippen molar-refractivity contribution in [2.24, 2.45) is 0 Å². The van der Waals surface area contributed by atoms with Gasteiger partial charge in [-0.2, -0.15) is 0 Å². The van der Waals surface area contributed by atoms with Gasteiger partial charge >= 0.3 is 5.97 Å². The maximum Gasteiger partial charge on any atom is 0.326 e. The van der Waals surface area contributed by atoms with Crippen LogP contribution in [0.5, 0.6) is 0 Å². The molecule has 1 N–H and O–H groups in total. The molecule has 1 atom stereocenters. The van der Waals surface area contributed by atoms with Crippen molar-refractivity contribution in [3.8, 4) is 10.6 Å². The van der Waals surface area contributed by atoms with Gasteiger partial charge in [-0.25, -0.2) is 9.78 Å². The molecule has 1 fully saturated rings. The van der Waals surface area contributed by atoms with Gasteiger partial charge in [-0.15, -0.1) is 11.3 Å². The Balaban J connectivity index is 1.83. The summed E-state index contributed by atoms with van der Waals surface area (Å²) in [5.41, 5.74) is 1.10. The molecule has 1 amide bonds. The van der Waals surface area contributed by atoms with Crippen molar-refractivity contribution in [3.63, 3.8) is 0 Å². The number of aromatic nitrogens is 1. The van der Waals surface area contributed by atoms with E-state index in [1.54, 1.807) is 24.0 Å². The molecule has 0 spiro atoms. The number of amides is 1. The van der Waals surface area contributed by atoms with Gasteiger partial charge in [0.2, 0.25) is 0 Å². The Hall–Kier alpha value is -2.15. The number of aliphatic carboxylic acids is 1. The molecule has 2 aromatic heterocycles. The van der Waals surface area contributed by atoms with Gasteiger partial charge in [-0.1, -0.05) is 0 Å². The lowest BCUT2D eigenvalue weighted by atomic mass is 10.2. The fourth-order valence-electron chi connectivity index (χ4n) is 2.30. The van der Waals surface area contributed by atoms with Gasteiger partial charge in [0.15, 0.2) is 0 Å². The molecule has 104 valence electrons. The van der Waals surface area contributed by atoms with Gasteiger partial charge in [-0.05, 0) is 18.9 Å². The van der Waals surface area contributed by atoms with E-state index in [1.807, 2.05) is 0 Å². The van der Waals surface area contributed by atoms with E-state index in [2.05, 4.69) is 4.98 Å². The Kier molecular flexibility index (Phi) is 3.27. The maximum absolute atomic E-state index is 12.3. The maximum atomic E-state index is 12.3. The minimum absolute atomic E-state index is 0.291. The highest BCUT2D eigenvalue weighted by Crippen LogP contribution is 2.26. The number of carboxylic acids is 1. The molecule has 0 aromatic carbocycles. The van der Waals surface area contributed by atoms with E-state index in [4.69, 9.17) is 9.52 Å². The Labute approximate surface area is 118 Å². The summed E-state index contributed by atoms with van der Waals surface area (Å²) in [4.78, 5) is 29.1. The second-order valence-corrected chi connectivity index (χ2v) is 5.40. The van der Waals surface area contributed by atoms with E-state index >= 15 is 0 Å². The summed E-state index contributed by atoms with van der Waals surface area (Å²) in [5.74, 6) is -1.28. The average molecular weight is 292 g/mol. The summed E-state index contributed by atoms with van der Waals surface area (Å²) in [6, 6.07) is 1.03. The third-order valence-corrected chi connectivity index (χ3v) is 4.18. The molecule has 0 bridgehead atoms. The second kappa shape index (κ2) is 5.09. The molecule has 0 radical (unpaired) electrons. The van der Waals surface area contributed by atoms with E-state index in [1.165, 1.54) is 16.2 Å². The number of carboxylic acid groups (broad SMARTS) is 1. The number of carbonyl (C=O) groups excluding carboxylic acids is 1. The molecule has 3 heterocycles. The molecule has 1 unspecified atom stereocenters. The van der Waals surface area contributed by atoms with Crippen LogP contribution < -0.4 is 0 Å². The summed E-state index contributed by atoms with van der Waals surface area (Å²) >= 11 is 1.34. The molecule has 20 heavy (non-hydrogen) atoms. The average Bonchev–Trinajstić information content (AvgIpc) is 3.17. The molecule has 6 nitrogen and oxygen atoms in total. The highest BCUT2D eigenvalue weighted by Gasteiger charge is 2.35. The number of thiazole rings is 1. The van der Waals surface area contributed by atoms with Gasteiger partial charge < -0.3 is 14.4 Å². The van der Waals surface area contributed by atoms with Gasteiger partial charge in [0.25, 0.3) is 5.91 Å². The third-order valence-electron chi connectivity index (χ3n) is 3.29. The van der Waals surface area contributed by atoms with Crippen LogP contribution in [-0.2, 0) is 4.79 Å². The van der Waals surface area contributed by atoms with Crippen LogP contribution in [0, 0.1) is 0 Å². The quantitative estimate of drug-likeness (QED) is 0.936. The highest BCUT2D eigenvalue weighted by molar-refractivity contribution is 7.13. The highest BCUT2D eigenvalue weighted by atomic mass is 32.1. The van der Waals surface area contributed by atoms with Crippen molar-refractivity contribution in [1.29, 1.82) is 0 Å². The number of carbonyl (C=O) groups is 2. The van der Waals surface area contributed by atoms with Crippen LogP contribution >= 0.6 is 11.3 Å². The SMILES string of the molecule is O=C(O)C1CCCN1C(=O)c1csc(-c2ccoc2)n1. The molecule has 3 rings (SSSR count). The van der Waals surface area contributed by atoms with E-state index in [-0.39, 0.29) is 5.91 Å². The lowest BCUT2D eigenvalue weighted by Crippen LogP contribution is -2.40. The Morgan fingerprint density at radius 2 is 2.35 bits per heavy atom. The predicted molar refractivity (Wildman–Crippen MR) is 71.5 cm³/mol. The van der Waals surface area contributed by atoms with Crippen LogP contribution in [0.25, 0.3) is 10.6 Å². The van der Waals surface area contributed by atoms with Crippen LogP contribution in [0.2, 0.25) is 0 Å². The van der Waals surface area contributed by atoms with Gasteiger partial charge in [0.05, 0.1) is 6.26 Å². The van der Waals surface area contributed by atoms with E-state index < -0.39 is 12.0 Å². The number of nitrogens with zero attached hydrogens (tertiary/aromatic N) is 2. The standard InChI is InChI=1S/C13H12N2O4S/c16-12(15-4-1-2-10(15)13(17)18)9-7-20-11(14-9)8-3-5-19-6-8/h3,5-7,10H,1-2,4H2,(H,17,18).